The number of anilines is 1. The second-order valence-corrected chi connectivity index (χ2v) is 10.4. The first-order valence-electron chi connectivity index (χ1n) is 9.77. The van der Waals surface area contributed by atoms with Gasteiger partial charge in [0, 0.05) is 42.2 Å². The summed E-state index contributed by atoms with van der Waals surface area (Å²) in [5.41, 5.74) is 3.86. The number of thioether (sulfide) groups is 1. The number of nitro groups is 1. The highest BCUT2D eigenvalue weighted by molar-refractivity contribution is 8.00. The molecule has 4 rings (SSSR count). The molecule has 1 heterocycles. The van der Waals surface area contributed by atoms with Gasteiger partial charge in [-0.05, 0) is 53.6 Å². The van der Waals surface area contributed by atoms with E-state index < -0.39 is 0 Å². The lowest BCUT2D eigenvalue weighted by Gasteiger charge is -2.12. The number of aromatic nitrogens is 1. The number of fused-ring (bicyclic) bond motifs is 1. The molecule has 0 spiro atoms. The number of nitrogens with zero attached hydrogens (tertiary/aromatic N) is 4. The van der Waals surface area contributed by atoms with Crippen LogP contribution in [0.15, 0.2) is 63.9 Å². The minimum absolute atomic E-state index is 0.0448. The van der Waals surface area contributed by atoms with Crippen LogP contribution < -0.4 is 4.90 Å². The Balaban J connectivity index is 1.52. The third-order valence-electron chi connectivity index (χ3n) is 4.75. The number of nitro benzene ring substituents is 1. The Morgan fingerprint density at radius 3 is 2.73 bits per heavy atom. The molecule has 0 bridgehead atoms. The SMILES string of the molecule is CN(C)c1ccc(C=Nc2ccc3nc(SCc4cc(Cl)ccc4Cl)sc3c2)cc1[N+](=O)[O-]. The van der Waals surface area contributed by atoms with Crippen LogP contribution in [0.1, 0.15) is 11.1 Å². The summed E-state index contributed by atoms with van der Waals surface area (Å²) in [7, 11) is 3.55. The predicted molar refractivity (Wildman–Crippen MR) is 140 cm³/mol. The van der Waals surface area contributed by atoms with Gasteiger partial charge < -0.3 is 4.90 Å². The highest BCUT2D eigenvalue weighted by atomic mass is 35.5. The molecule has 0 amide bonds. The molecule has 0 aliphatic rings. The second kappa shape index (κ2) is 10.1. The average molecular weight is 517 g/mol. The highest BCUT2D eigenvalue weighted by Crippen LogP contribution is 2.35. The van der Waals surface area contributed by atoms with Crippen molar-refractivity contribution in [3.8, 4) is 0 Å². The Bertz CT molecular complexity index is 1370. The van der Waals surface area contributed by atoms with E-state index in [1.807, 2.05) is 30.3 Å². The molecule has 10 heteroatoms. The van der Waals surface area contributed by atoms with Gasteiger partial charge in [-0.2, -0.15) is 0 Å². The van der Waals surface area contributed by atoms with Crippen LogP contribution >= 0.6 is 46.3 Å². The van der Waals surface area contributed by atoms with Crippen molar-refractivity contribution < 1.29 is 4.92 Å². The number of aliphatic imine (C=N–C) groups is 1. The van der Waals surface area contributed by atoms with Crippen molar-refractivity contribution in [2.24, 2.45) is 4.99 Å². The summed E-state index contributed by atoms with van der Waals surface area (Å²) in [5.74, 6) is 0.673. The lowest BCUT2D eigenvalue weighted by molar-refractivity contribution is -0.384. The number of rotatable bonds is 7. The monoisotopic (exact) mass is 516 g/mol. The van der Waals surface area contributed by atoms with Gasteiger partial charge in [0.2, 0.25) is 0 Å². The molecule has 0 radical (unpaired) electrons. The van der Waals surface area contributed by atoms with Crippen molar-refractivity contribution in [1.29, 1.82) is 0 Å². The van der Waals surface area contributed by atoms with E-state index in [2.05, 4.69) is 9.98 Å². The minimum atomic E-state index is -0.383. The van der Waals surface area contributed by atoms with Gasteiger partial charge in [-0.25, -0.2) is 4.98 Å². The zero-order chi connectivity index (χ0) is 23.5. The van der Waals surface area contributed by atoms with Gasteiger partial charge in [-0.15, -0.1) is 11.3 Å². The summed E-state index contributed by atoms with van der Waals surface area (Å²) in [6, 6.07) is 16.3. The Hall–Kier alpha value is -2.65. The lowest BCUT2D eigenvalue weighted by atomic mass is 10.1. The Labute approximate surface area is 209 Å². The molecular formula is C23H18Cl2N4O2S2. The fourth-order valence-corrected chi connectivity index (χ4v) is 5.67. The molecule has 0 unspecified atom stereocenters. The second-order valence-electron chi connectivity index (χ2n) is 7.31. The molecule has 3 aromatic carbocycles. The molecule has 0 N–H and O–H groups in total. The molecule has 4 aromatic rings. The van der Waals surface area contributed by atoms with E-state index >= 15 is 0 Å². The zero-order valence-electron chi connectivity index (χ0n) is 17.7. The molecule has 6 nitrogen and oxygen atoms in total. The van der Waals surface area contributed by atoms with E-state index in [1.54, 1.807) is 66.5 Å². The Morgan fingerprint density at radius 1 is 1.15 bits per heavy atom. The maximum atomic E-state index is 11.4. The Kier molecular flexibility index (Phi) is 7.19. The molecule has 0 fully saturated rings. The van der Waals surface area contributed by atoms with Gasteiger partial charge in [0.1, 0.15) is 5.69 Å². The largest absolute Gasteiger partial charge is 0.372 e. The summed E-state index contributed by atoms with van der Waals surface area (Å²) in [5, 5.41) is 12.7. The third-order valence-corrected chi connectivity index (χ3v) is 7.57. The van der Waals surface area contributed by atoms with E-state index in [4.69, 9.17) is 23.2 Å². The van der Waals surface area contributed by atoms with Crippen molar-refractivity contribution >= 4 is 79.8 Å². The van der Waals surface area contributed by atoms with E-state index in [9.17, 15) is 10.1 Å². The van der Waals surface area contributed by atoms with Crippen LogP contribution in [0, 0.1) is 10.1 Å². The summed E-state index contributed by atoms with van der Waals surface area (Å²) in [6.07, 6.45) is 1.63. The van der Waals surface area contributed by atoms with Crippen molar-refractivity contribution in [2.45, 2.75) is 10.1 Å². The van der Waals surface area contributed by atoms with Gasteiger partial charge in [-0.1, -0.05) is 41.0 Å². The molecular weight excluding hydrogens is 499 g/mol. The fourth-order valence-electron chi connectivity index (χ4n) is 3.12. The predicted octanol–water partition coefficient (Wildman–Crippen LogP) is 7.62. The minimum Gasteiger partial charge on any atom is -0.372 e. The smallest absolute Gasteiger partial charge is 0.293 e. The van der Waals surface area contributed by atoms with Crippen LogP contribution in [-0.2, 0) is 5.75 Å². The van der Waals surface area contributed by atoms with Crippen molar-refractivity contribution in [1.82, 2.24) is 4.98 Å². The number of thiazole rings is 1. The standard InChI is InChI=1S/C23H18Cl2N4O2S2/c1-28(2)20-8-3-14(9-21(20)29(30)31)12-26-17-5-7-19-22(11-17)33-23(27-19)32-13-15-10-16(24)4-6-18(15)25/h3-12H,13H2,1-2H3. The van der Waals surface area contributed by atoms with Crippen LogP contribution in [0.25, 0.3) is 10.2 Å². The van der Waals surface area contributed by atoms with Crippen molar-refractivity contribution in [3.63, 3.8) is 0 Å². The first-order valence-corrected chi connectivity index (χ1v) is 12.3. The van der Waals surface area contributed by atoms with Gasteiger partial charge >= 0.3 is 0 Å². The maximum absolute atomic E-state index is 11.4. The Morgan fingerprint density at radius 2 is 1.97 bits per heavy atom. The van der Waals surface area contributed by atoms with Crippen LogP contribution in [0.4, 0.5) is 17.1 Å². The number of benzene rings is 3. The molecule has 1 aromatic heterocycles. The highest BCUT2D eigenvalue weighted by Gasteiger charge is 2.15. The quantitative estimate of drug-likeness (QED) is 0.109. The van der Waals surface area contributed by atoms with E-state index in [1.165, 1.54) is 6.07 Å². The average Bonchev–Trinajstić information content (AvgIpc) is 3.20. The summed E-state index contributed by atoms with van der Waals surface area (Å²) in [6.45, 7) is 0. The first kappa shape index (κ1) is 23.5. The molecule has 0 aliphatic carbocycles. The molecule has 33 heavy (non-hydrogen) atoms. The zero-order valence-corrected chi connectivity index (χ0v) is 20.8. The molecule has 0 saturated heterocycles. The van der Waals surface area contributed by atoms with Crippen molar-refractivity contribution in [3.05, 3.63) is 85.9 Å². The van der Waals surface area contributed by atoms with Crippen LogP contribution in [-0.4, -0.2) is 30.2 Å². The van der Waals surface area contributed by atoms with Crippen LogP contribution in [0.2, 0.25) is 10.0 Å². The van der Waals surface area contributed by atoms with Crippen LogP contribution in [0.5, 0.6) is 0 Å². The van der Waals surface area contributed by atoms with Gasteiger partial charge in [0.25, 0.3) is 5.69 Å². The topological polar surface area (TPSA) is 71.6 Å². The van der Waals surface area contributed by atoms with E-state index in [0.717, 1.165) is 25.8 Å². The van der Waals surface area contributed by atoms with E-state index in [0.29, 0.717) is 27.0 Å². The normalized spacial score (nSPS) is 11.4. The maximum Gasteiger partial charge on any atom is 0.293 e. The summed E-state index contributed by atoms with van der Waals surface area (Å²) < 4.78 is 1.94. The molecule has 0 atom stereocenters. The van der Waals surface area contributed by atoms with Gasteiger partial charge in [-0.3, -0.25) is 15.1 Å². The summed E-state index contributed by atoms with van der Waals surface area (Å²) in [4.78, 5) is 21.9. The fraction of sp³-hybridized carbons (Fsp3) is 0.130. The lowest BCUT2D eigenvalue weighted by Crippen LogP contribution is -2.11. The van der Waals surface area contributed by atoms with Crippen LogP contribution in [0.3, 0.4) is 0 Å². The van der Waals surface area contributed by atoms with E-state index in [-0.39, 0.29) is 10.6 Å². The van der Waals surface area contributed by atoms with Crippen molar-refractivity contribution in [2.75, 3.05) is 19.0 Å². The number of hydrogen-bond donors (Lipinski definition) is 0. The summed E-state index contributed by atoms with van der Waals surface area (Å²) >= 11 is 15.5. The first-order chi connectivity index (χ1) is 15.8. The molecule has 0 aliphatic heterocycles. The van der Waals surface area contributed by atoms with Gasteiger partial charge in [0.05, 0.1) is 20.8 Å². The molecule has 168 valence electrons. The number of hydrogen-bond acceptors (Lipinski definition) is 7. The number of halogens is 2. The third kappa shape index (κ3) is 5.65. The van der Waals surface area contributed by atoms with Gasteiger partial charge in [0.15, 0.2) is 4.34 Å². The molecule has 0 saturated carbocycles.